The lowest BCUT2D eigenvalue weighted by Gasteiger charge is -2.12. The van der Waals surface area contributed by atoms with Crippen molar-refractivity contribution >= 4 is 0 Å². The van der Waals surface area contributed by atoms with Gasteiger partial charge >= 0.3 is 0 Å². The van der Waals surface area contributed by atoms with Crippen LogP contribution < -0.4 is 5.56 Å². The van der Waals surface area contributed by atoms with Crippen LogP contribution in [0.25, 0.3) is 0 Å². The molecule has 1 aromatic rings. The summed E-state index contributed by atoms with van der Waals surface area (Å²) < 4.78 is 1.68. The normalized spacial score (nSPS) is 12.9. The Labute approximate surface area is 85.6 Å². The van der Waals surface area contributed by atoms with Crippen LogP contribution in [0.4, 0.5) is 0 Å². The average molecular weight is 193 g/mol. The quantitative estimate of drug-likeness (QED) is 0.723. The average Bonchev–Trinajstić information content (AvgIpc) is 2.13. The van der Waals surface area contributed by atoms with Gasteiger partial charge in [0, 0.05) is 18.8 Å². The van der Waals surface area contributed by atoms with Gasteiger partial charge in [-0.15, -0.1) is 0 Å². The molecular weight excluding hydrogens is 174 g/mol. The van der Waals surface area contributed by atoms with Crippen molar-refractivity contribution in [1.82, 2.24) is 4.57 Å². The number of hydrogen-bond acceptors (Lipinski definition) is 1. The molecule has 2 heteroatoms. The number of nitrogens with zero attached hydrogens (tertiary/aromatic N) is 1. The summed E-state index contributed by atoms with van der Waals surface area (Å²) in [6.45, 7) is 6.28. The molecule has 0 saturated heterocycles. The molecule has 0 N–H and O–H groups in total. The van der Waals surface area contributed by atoms with Crippen molar-refractivity contribution in [3.63, 3.8) is 0 Å². The van der Waals surface area contributed by atoms with Crippen molar-refractivity contribution in [3.8, 4) is 0 Å². The molecule has 78 valence electrons. The van der Waals surface area contributed by atoms with E-state index in [1.165, 1.54) is 18.4 Å². The zero-order chi connectivity index (χ0) is 10.7. The van der Waals surface area contributed by atoms with Crippen LogP contribution >= 0.6 is 0 Å². The molecule has 0 spiro atoms. The minimum absolute atomic E-state index is 0.109. The molecule has 0 bridgehead atoms. The SMILES string of the molecule is CCCC(C)c1cc(C)c(=O)n(C)c1. The van der Waals surface area contributed by atoms with Crippen LogP contribution in [0, 0.1) is 6.92 Å². The maximum Gasteiger partial charge on any atom is 0.253 e. The molecule has 0 fully saturated rings. The van der Waals surface area contributed by atoms with Crippen molar-refractivity contribution in [2.24, 2.45) is 7.05 Å². The summed E-state index contributed by atoms with van der Waals surface area (Å²) in [6.07, 6.45) is 4.32. The molecular formula is C12H19NO. The minimum Gasteiger partial charge on any atom is -0.318 e. The Hall–Kier alpha value is -1.05. The zero-order valence-electron chi connectivity index (χ0n) is 9.50. The predicted octanol–water partition coefficient (Wildman–Crippen LogP) is 2.60. The van der Waals surface area contributed by atoms with E-state index >= 15 is 0 Å². The zero-order valence-corrected chi connectivity index (χ0v) is 9.50. The molecule has 2 nitrogen and oxygen atoms in total. The van der Waals surface area contributed by atoms with Crippen LogP contribution in [0.15, 0.2) is 17.1 Å². The van der Waals surface area contributed by atoms with Crippen LogP contribution in [0.2, 0.25) is 0 Å². The van der Waals surface area contributed by atoms with E-state index in [0.29, 0.717) is 5.92 Å². The van der Waals surface area contributed by atoms with Crippen molar-refractivity contribution in [3.05, 3.63) is 33.7 Å². The fourth-order valence-corrected chi connectivity index (χ4v) is 1.78. The third kappa shape index (κ3) is 2.25. The molecule has 0 amide bonds. The molecule has 0 radical (unpaired) electrons. The Bertz CT molecular complexity index is 339. The van der Waals surface area contributed by atoms with E-state index in [9.17, 15) is 4.79 Å². The number of hydrogen-bond donors (Lipinski definition) is 0. The first-order chi connectivity index (χ1) is 6.56. The molecule has 0 aliphatic heterocycles. The van der Waals surface area contributed by atoms with Gasteiger partial charge in [0.1, 0.15) is 0 Å². The van der Waals surface area contributed by atoms with Gasteiger partial charge in [-0.05, 0) is 30.9 Å². The summed E-state index contributed by atoms with van der Waals surface area (Å²) in [7, 11) is 1.82. The molecule has 1 atom stereocenters. The molecule has 0 saturated carbocycles. The monoisotopic (exact) mass is 193 g/mol. The first-order valence-corrected chi connectivity index (χ1v) is 5.23. The van der Waals surface area contributed by atoms with Gasteiger partial charge in [0.15, 0.2) is 0 Å². The topological polar surface area (TPSA) is 22.0 Å². The van der Waals surface area contributed by atoms with E-state index in [-0.39, 0.29) is 5.56 Å². The summed E-state index contributed by atoms with van der Waals surface area (Å²) in [5.41, 5.74) is 2.22. The van der Waals surface area contributed by atoms with Crippen LogP contribution in [0.5, 0.6) is 0 Å². The van der Waals surface area contributed by atoms with E-state index in [0.717, 1.165) is 5.56 Å². The van der Waals surface area contributed by atoms with Gasteiger partial charge in [-0.3, -0.25) is 4.79 Å². The molecule has 1 aromatic heterocycles. The summed E-state index contributed by atoms with van der Waals surface area (Å²) >= 11 is 0. The fraction of sp³-hybridized carbons (Fsp3) is 0.583. The number of aryl methyl sites for hydroxylation is 2. The minimum atomic E-state index is 0.109. The molecule has 0 aliphatic carbocycles. The lowest BCUT2D eigenvalue weighted by atomic mass is 9.97. The van der Waals surface area contributed by atoms with Gasteiger partial charge in [-0.25, -0.2) is 0 Å². The Morgan fingerprint density at radius 1 is 1.50 bits per heavy atom. The van der Waals surface area contributed by atoms with Crippen LogP contribution in [0.1, 0.15) is 43.7 Å². The highest BCUT2D eigenvalue weighted by atomic mass is 16.1. The fourth-order valence-electron chi connectivity index (χ4n) is 1.78. The second-order valence-electron chi connectivity index (χ2n) is 4.06. The highest BCUT2D eigenvalue weighted by Gasteiger charge is 2.07. The summed E-state index contributed by atoms with van der Waals surface area (Å²) in [5.74, 6) is 0.547. The first kappa shape index (κ1) is 11.0. The lowest BCUT2D eigenvalue weighted by Crippen LogP contribution is -2.19. The molecule has 0 aromatic carbocycles. The van der Waals surface area contributed by atoms with Crippen LogP contribution in [-0.2, 0) is 7.05 Å². The maximum atomic E-state index is 11.5. The molecule has 1 rings (SSSR count). The highest BCUT2D eigenvalue weighted by Crippen LogP contribution is 2.19. The summed E-state index contributed by atoms with van der Waals surface area (Å²) in [4.78, 5) is 11.5. The van der Waals surface area contributed by atoms with Crippen molar-refractivity contribution in [1.29, 1.82) is 0 Å². The second-order valence-corrected chi connectivity index (χ2v) is 4.06. The highest BCUT2D eigenvalue weighted by molar-refractivity contribution is 5.21. The van der Waals surface area contributed by atoms with Crippen molar-refractivity contribution in [2.45, 2.75) is 39.5 Å². The van der Waals surface area contributed by atoms with E-state index in [4.69, 9.17) is 0 Å². The standard InChI is InChI=1S/C12H19NO/c1-5-6-9(2)11-7-10(3)12(14)13(4)8-11/h7-9H,5-6H2,1-4H3. The lowest BCUT2D eigenvalue weighted by molar-refractivity contribution is 0.653. The van der Waals surface area contributed by atoms with Crippen LogP contribution in [-0.4, -0.2) is 4.57 Å². The third-order valence-electron chi connectivity index (χ3n) is 2.67. The Kier molecular flexibility index (Phi) is 3.50. The Morgan fingerprint density at radius 3 is 2.64 bits per heavy atom. The van der Waals surface area contributed by atoms with E-state index in [2.05, 4.69) is 13.8 Å². The largest absolute Gasteiger partial charge is 0.318 e. The Morgan fingerprint density at radius 2 is 2.14 bits per heavy atom. The molecule has 1 unspecified atom stereocenters. The number of rotatable bonds is 3. The van der Waals surface area contributed by atoms with Crippen LogP contribution in [0.3, 0.4) is 0 Å². The first-order valence-electron chi connectivity index (χ1n) is 5.23. The van der Waals surface area contributed by atoms with E-state index < -0.39 is 0 Å². The second kappa shape index (κ2) is 4.45. The maximum absolute atomic E-state index is 11.5. The van der Waals surface area contributed by atoms with E-state index in [1.54, 1.807) is 4.57 Å². The van der Waals surface area contributed by atoms with Gasteiger partial charge in [0.25, 0.3) is 5.56 Å². The number of pyridine rings is 1. The van der Waals surface area contributed by atoms with E-state index in [1.807, 2.05) is 26.2 Å². The van der Waals surface area contributed by atoms with Crippen molar-refractivity contribution < 1.29 is 0 Å². The molecule has 0 aliphatic rings. The van der Waals surface area contributed by atoms with Gasteiger partial charge in [-0.2, -0.15) is 0 Å². The third-order valence-corrected chi connectivity index (χ3v) is 2.67. The smallest absolute Gasteiger partial charge is 0.253 e. The predicted molar refractivity (Wildman–Crippen MR) is 59.7 cm³/mol. The molecule has 14 heavy (non-hydrogen) atoms. The van der Waals surface area contributed by atoms with Crippen molar-refractivity contribution in [2.75, 3.05) is 0 Å². The molecule has 1 heterocycles. The summed E-state index contributed by atoms with van der Waals surface area (Å²) in [6, 6.07) is 2.02. The van der Waals surface area contributed by atoms with Gasteiger partial charge in [-0.1, -0.05) is 20.3 Å². The Balaban J connectivity index is 3.06. The van der Waals surface area contributed by atoms with Gasteiger partial charge < -0.3 is 4.57 Å². The number of aromatic nitrogens is 1. The van der Waals surface area contributed by atoms with Gasteiger partial charge in [0.05, 0.1) is 0 Å². The summed E-state index contributed by atoms with van der Waals surface area (Å²) in [5, 5.41) is 0. The van der Waals surface area contributed by atoms with Gasteiger partial charge in [0.2, 0.25) is 0 Å².